The highest BCUT2D eigenvalue weighted by atomic mass is 32.2. The van der Waals surface area contributed by atoms with Gasteiger partial charge in [-0.05, 0) is 42.2 Å². The minimum absolute atomic E-state index is 0.0383. The van der Waals surface area contributed by atoms with Crippen LogP contribution in [0.5, 0.6) is 0 Å². The minimum atomic E-state index is -0.492. The lowest BCUT2D eigenvalue weighted by Gasteiger charge is -2.11. The number of amides is 3. The Kier molecular flexibility index (Phi) is 7.77. The number of hydrogen-bond acceptors (Lipinski definition) is 6. The van der Waals surface area contributed by atoms with Crippen molar-refractivity contribution in [3.8, 4) is 17.1 Å². The fourth-order valence-corrected chi connectivity index (χ4v) is 3.55. The molecule has 0 saturated heterocycles. The van der Waals surface area contributed by atoms with Crippen LogP contribution >= 0.6 is 11.8 Å². The van der Waals surface area contributed by atoms with Gasteiger partial charge in [-0.2, -0.15) is 0 Å². The first-order valence-corrected chi connectivity index (χ1v) is 11.1. The highest BCUT2D eigenvalue weighted by Crippen LogP contribution is 2.27. The van der Waals surface area contributed by atoms with Crippen LogP contribution in [0.3, 0.4) is 0 Å². The van der Waals surface area contributed by atoms with Crippen LogP contribution in [0.2, 0.25) is 0 Å². The van der Waals surface area contributed by atoms with Crippen molar-refractivity contribution in [2.45, 2.75) is 32.3 Å². The van der Waals surface area contributed by atoms with E-state index in [1.807, 2.05) is 42.7 Å². The van der Waals surface area contributed by atoms with E-state index in [1.54, 1.807) is 12.4 Å². The van der Waals surface area contributed by atoms with Gasteiger partial charge in [0, 0.05) is 30.2 Å². The minimum Gasteiger partial charge on any atom is -0.338 e. The molecular formula is C22H26N6O2S. The molecule has 3 rings (SSSR count). The molecule has 3 aromatic rings. The molecule has 8 nitrogen and oxygen atoms in total. The zero-order valence-electron chi connectivity index (χ0n) is 17.8. The SMILES string of the molecule is CCc1ccc(-n2c(SCC(=O)NC(=O)NCC(C)C)nnc2-c2ccncc2)cc1. The number of aromatic nitrogens is 4. The third-order valence-electron chi connectivity index (χ3n) is 4.43. The summed E-state index contributed by atoms with van der Waals surface area (Å²) in [4.78, 5) is 28.1. The maximum Gasteiger partial charge on any atom is 0.321 e. The van der Waals surface area contributed by atoms with Crippen LogP contribution in [0.25, 0.3) is 17.1 Å². The fourth-order valence-electron chi connectivity index (χ4n) is 2.80. The Morgan fingerprint density at radius 2 is 1.77 bits per heavy atom. The lowest BCUT2D eigenvalue weighted by Crippen LogP contribution is -2.41. The number of hydrogen-bond donors (Lipinski definition) is 2. The molecule has 0 bridgehead atoms. The van der Waals surface area contributed by atoms with Gasteiger partial charge in [0.15, 0.2) is 11.0 Å². The third-order valence-corrected chi connectivity index (χ3v) is 5.36. The summed E-state index contributed by atoms with van der Waals surface area (Å²) in [7, 11) is 0. The number of nitrogens with one attached hydrogen (secondary N) is 2. The Morgan fingerprint density at radius 3 is 2.42 bits per heavy atom. The van der Waals surface area contributed by atoms with E-state index in [0.717, 1.165) is 17.7 Å². The normalized spacial score (nSPS) is 10.8. The van der Waals surface area contributed by atoms with Gasteiger partial charge >= 0.3 is 6.03 Å². The van der Waals surface area contributed by atoms with Gasteiger partial charge in [-0.15, -0.1) is 10.2 Å². The van der Waals surface area contributed by atoms with Crippen molar-refractivity contribution in [3.63, 3.8) is 0 Å². The predicted molar refractivity (Wildman–Crippen MR) is 121 cm³/mol. The summed E-state index contributed by atoms with van der Waals surface area (Å²) in [5.41, 5.74) is 2.99. The molecule has 2 N–H and O–H groups in total. The van der Waals surface area contributed by atoms with Crippen LogP contribution in [0.4, 0.5) is 4.79 Å². The molecule has 0 saturated carbocycles. The average molecular weight is 439 g/mol. The smallest absolute Gasteiger partial charge is 0.321 e. The highest BCUT2D eigenvalue weighted by Gasteiger charge is 2.18. The first kappa shape index (κ1) is 22.5. The zero-order valence-corrected chi connectivity index (χ0v) is 18.6. The molecule has 31 heavy (non-hydrogen) atoms. The molecule has 162 valence electrons. The summed E-state index contributed by atoms with van der Waals surface area (Å²) >= 11 is 1.22. The van der Waals surface area contributed by atoms with Crippen molar-refractivity contribution >= 4 is 23.7 Å². The third kappa shape index (κ3) is 6.14. The van der Waals surface area contributed by atoms with Crippen LogP contribution in [0, 0.1) is 5.92 Å². The van der Waals surface area contributed by atoms with Gasteiger partial charge in [0.05, 0.1) is 5.75 Å². The molecule has 0 fully saturated rings. The van der Waals surface area contributed by atoms with E-state index in [9.17, 15) is 9.59 Å². The van der Waals surface area contributed by atoms with Gasteiger partial charge in [-0.25, -0.2) is 4.79 Å². The maximum atomic E-state index is 12.2. The lowest BCUT2D eigenvalue weighted by atomic mass is 10.1. The first-order valence-electron chi connectivity index (χ1n) is 10.1. The van der Waals surface area contributed by atoms with Gasteiger partial charge in [-0.3, -0.25) is 19.7 Å². The number of carbonyl (C=O) groups excluding carboxylic acids is 2. The quantitative estimate of drug-likeness (QED) is 0.522. The summed E-state index contributed by atoms with van der Waals surface area (Å²) in [5, 5.41) is 14.2. The van der Waals surface area contributed by atoms with Crippen LogP contribution < -0.4 is 10.6 Å². The molecule has 1 aromatic carbocycles. The monoisotopic (exact) mass is 438 g/mol. The van der Waals surface area contributed by atoms with Crippen molar-refractivity contribution in [1.82, 2.24) is 30.4 Å². The Balaban J connectivity index is 1.79. The molecule has 0 aliphatic carbocycles. The van der Waals surface area contributed by atoms with Crippen molar-refractivity contribution in [3.05, 3.63) is 54.4 Å². The molecule has 0 radical (unpaired) electrons. The number of aryl methyl sites for hydroxylation is 1. The molecule has 0 spiro atoms. The Morgan fingerprint density at radius 1 is 1.06 bits per heavy atom. The van der Waals surface area contributed by atoms with Crippen LogP contribution in [-0.2, 0) is 11.2 Å². The second kappa shape index (κ2) is 10.7. The van der Waals surface area contributed by atoms with E-state index in [2.05, 4.69) is 44.9 Å². The van der Waals surface area contributed by atoms with E-state index in [1.165, 1.54) is 17.3 Å². The second-order valence-corrected chi connectivity index (χ2v) is 8.28. The molecule has 0 aliphatic heterocycles. The number of imide groups is 1. The summed E-state index contributed by atoms with van der Waals surface area (Å²) in [6.45, 7) is 6.58. The van der Waals surface area contributed by atoms with E-state index < -0.39 is 11.9 Å². The number of carbonyl (C=O) groups is 2. The van der Waals surface area contributed by atoms with Gasteiger partial charge in [0.25, 0.3) is 0 Å². The van der Waals surface area contributed by atoms with Gasteiger partial charge in [0.2, 0.25) is 5.91 Å². The van der Waals surface area contributed by atoms with Gasteiger partial charge in [0.1, 0.15) is 0 Å². The van der Waals surface area contributed by atoms with Crippen molar-refractivity contribution in [2.24, 2.45) is 5.92 Å². The van der Waals surface area contributed by atoms with Crippen molar-refractivity contribution in [1.29, 1.82) is 0 Å². The molecule has 2 aromatic heterocycles. The molecule has 2 heterocycles. The Bertz CT molecular complexity index is 1020. The largest absolute Gasteiger partial charge is 0.338 e. The fraction of sp³-hybridized carbons (Fsp3) is 0.318. The van der Waals surface area contributed by atoms with Crippen molar-refractivity contribution in [2.75, 3.05) is 12.3 Å². The standard InChI is InChI=1S/C22H26N6O2S/c1-4-16-5-7-18(8-6-16)28-20(17-9-11-23-12-10-17)26-27-22(28)31-14-19(29)25-21(30)24-13-15(2)3/h5-12,15H,4,13-14H2,1-3H3,(H2,24,25,29,30). The van der Waals surface area contributed by atoms with E-state index in [-0.39, 0.29) is 5.75 Å². The van der Waals surface area contributed by atoms with Crippen molar-refractivity contribution < 1.29 is 9.59 Å². The average Bonchev–Trinajstić information content (AvgIpc) is 3.21. The maximum absolute atomic E-state index is 12.2. The summed E-state index contributed by atoms with van der Waals surface area (Å²) in [6.07, 6.45) is 4.34. The zero-order chi connectivity index (χ0) is 22.2. The molecule has 3 amide bonds. The number of urea groups is 1. The predicted octanol–water partition coefficient (Wildman–Crippen LogP) is 3.47. The molecule has 0 unspecified atom stereocenters. The molecule has 0 aliphatic rings. The Hall–Kier alpha value is -3.20. The number of nitrogens with zero attached hydrogens (tertiary/aromatic N) is 4. The molecular weight excluding hydrogens is 412 g/mol. The van der Waals surface area contributed by atoms with Crippen LogP contribution in [-0.4, -0.2) is 44.0 Å². The topological polar surface area (TPSA) is 102 Å². The number of rotatable bonds is 8. The lowest BCUT2D eigenvalue weighted by molar-refractivity contribution is -0.117. The highest BCUT2D eigenvalue weighted by molar-refractivity contribution is 7.99. The van der Waals surface area contributed by atoms with Gasteiger partial charge in [-0.1, -0.05) is 44.7 Å². The molecule has 0 atom stereocenters. The number of pyridine rings is 1. The van der Waals surface area contributed by atoms with Gasteiger partial charge < -0.3 is 5.32 Å². The van der Waals surface area contributed by atoms with Crippen LogP contribution in [0.1, 0.15) is 26.3 Å². The summed E-state index contributed by atoms with van der Waals surface area (Å²) < 4.78 is 1.91. The van der Waals surface area contributed by atoms with E-state index >= 15 is 0 Å². The van der Waals surface area contributed by atoms with E-state index in [0.29, 0.717) is 23.4 Å². The number of thioether (sulfide) groups is 1. The summed E-state index contributed by atoms with van der Waals surface area (Å²) in [6, 6.07) is 11.4. The second-order valence-electron chi connectivity index (χ2n) is 7.34. The first-order chi connectivity index (χ1) is 15.0. The van der Waals surface area contributed by atoms with Crippen LogP contribution in [0.15, 0.2) is 53.9 Å². The Labute approximate surface area is 185 Å². The number of benzene rings is 1. The summed E-state index contributed by atoms with van der Waals surface area (Å²) in [5.74, 6) is 0.604. The van der Waals surface area contributed by atoms with E-state index in [4.69, 9.17) is 0 Å². The molecule has 9 heteroatoms.